The number of allylic oxidation sites excluding steroid dienone is 4. The minimum absolute atomic E-state index is 0.0147. The van der Waals surface area contributed by atoms with Gasteiger partial charge in [0.05, 0.1) is 29.6 Å². The van der Waals surface area contributed by atoms with E-state index in [0.717, 1.165) is 56.9 Å². The average molecular weight is 765 g/mol. The van der Waals surface area contributed by atoms with Crippen LogP contribution in [0.2, 0.25) is 0 Å². The summed E-state index contributed by atoms with van der Waals surface area (Å²) in [6.07, 6.45) is 11.6. The van der Waals surface area contributed by atoms with Gasteiger partial charge in [0.2, 0.25) is 0 Å². The second-order valence-corrected chi connectivity index (χ2v) is 17.4. The Bertz CT molecular complexity index is 1640. The number of carboxylic acids is 1. The molecule has 55 heavy (non-hydrogen) atoms. The van der Waals surface area contributed by atoms with E-state index in [1.54, 1.807) is 13.8 Å². The Hall–Kier alpha value is -3.58. The van der Waals surface area contributed by atoms with Crippen LogP contribution in [0.3, 0.4) is 0 Å². The summed E-state index contributed by atoms with van der Waals surface area (Å²) in [7, 11) is 0. The zero-order valence-electron chi connectivity index (χ0n) is 33.3. The molecule has 3 N–H and O–H groups in total. The average Bonchev–Trinajstić information content (AvgIpc) is 3.93. The number of hydrogen-bond donors (Lipinski definition) is 3. The minimum atomic E-state index is -1.07. The molecule has 0 spiro atoms. The molecule has 0 radical (unpaired) electrons. The van der Waals surface area contributed by atoms with Gasteiger partial charge in [0.15, 0.2) is 0 Å². The number of carbonyl (C=O) groups is 4. The number of hydrogen-bond acceptors (Lipinski definition) is 11. The summed E-state index contributed by atoms with van der Waals surface area (Å²) in [5, 5.41) is 15.4. The Morgan fingerprint density at radius 1 is 0.836 bits per heavy atom. The smallest absolute Gasteiger partial charge is 0.323 e. The van der Waals surface area contributed by atoms with Gasteiger partial charge >= 0.3 is 23.9 Å². The number of carboxylic acid groups (broad SMARTS) is 1. The lowest BCUT2D eigenvalue weighted by Gasteiger charge is -2.26. The maximum absolute atomic E-state index is 12.6. The number of aliphatic carboxylic acids is 1. The fourth-order valence-corrected chi connectivity index (χ4v) is 8.70. The SMILES string of the molecule is C/C1=C\CC[C@@]2(C)O[C@H]2[C@H]2OC(=O)[C@@H](CNC(C)(C)C(=O)O)[C@@H]2CC1.C/C1=C\CC[C@@]2(C)O[C@H]2[C@H]2OC(=O)[C@@H](CNCC(=O)OCc3ccccc3)[C@@H]2CC1. The highest BCUT2D eigenvalue weighted by Crippen LogP contribution is 2.51. The van der Waals surface area contributed by atoms with Gasteiger partial charge in [-0.1, -0.05) is 53.6 Å². The molecule has 4 fully saturated rings. The van der Waals surface area contributed by atoms with Crippen molar-refractivity contribution in [1.29, 1.82) is 0 Å². The van der Waals surface area contributed by atoms with Gasteiger partial charge in [-0.15, -0.1) is 0 Å². The summed E-state index contributed by atoms with van der Waals surface area (Å²) in [5.41, 5.74) is 2.16. The Kier molecular flexibility index (Phi) is 12.6. The predicted octanol–water partition coefficient (Wildman–Crippen LogP) is 5.43. The molecule has 7 rings (SSSR count). The van der Waals surface area contributed by atoms with Crippen LogP contribution in [0.15, 0.2) is 53.6 Å². The van der Waals surface area contributed by atoms with Crippen molar-refractivity contribution in [3.05, 3.63) is 59.2 Å². The largest absolute Gasteiger partial charge is 0.480 e. The summed E-state index contributed by atoms with van der Waals surface area (Å²) in [6.45, 7) is 12.7. The fraction of sp³-hybridized carbons (Fsp3) is 0.674. The van der Waals surface area contributed by atoms with Crippen molar-refractivity contribution in [2.75, 3.05) is 19.6 Å². The van der Waals surface area contributed by atoms with Crippen molar-refractivity contribution in [1.82, 2.24) is 10.6 Å². The molecule has 12 nitrogen and oxygen atoms in total. The number of esters is 3. The Balaban J connectivity index is 0.000000190. The van der Waals surface area contributed by atoms with Crippen LogP contribution in [0.5, 0.6) is 0 Å². The first-order valence-corrected chi connectivity index (χ1v) is 20.1. The fourth-order valence-electron chi connectivity index (χ4n) is 8.70. The van der Waals surface area contributed by atoms with Gasteiger partial charge < -0.3 is 39.4 Å². The highest BCUT2D eigenvalue weighted by atomic mass is 16.7. The van der Waals surface area contributed by atoms with Gasteiger partial charge in [-0.2, -0.15) is 0 Å². The Morgan fingerprint density at radius 2 is 1.35 bits per heavy atom. The van der Waals surface area contributed by atoms with E-state index in [1.807, 2.05) is 30.3 Å². The number of fused-ring (bicyclic) bond motifs is 6. The third-order valence-corrected chi connectivity index (χ3v) is 12.7. The summed E-state index contributed by atoms with van der Waals surface area (Å²) in [4.78, 5) is 48.5. The molecular weight excluding hydrogens is 704 g/mol. The number of rotatable bonds is 10. The van der Waals surface area contributed by atoms with Crippen LogP contribution in [-0.4, -0.2) is 89.8 Å². The maximum atomic E-state index is 12.6. The van der Waals surface area contributed by atoms with Crippen LogP contribution in [0, 0.1) is 23.7 Å². The van der Waals surface area contributed by atoms with E-state index < -0.39 is 11.5 Å². The van der Waals surface area contributed by atoms with Gasteiger partial charge in [-0.25, -0.2) is 0 Å². The summed E-state index contributed by atoms with van der Waals surface area (Å²) in [5.74, 6) is -2.13. The van der Waals surface area contributed by atoms with Gasteiger partial charge in [0.25, 0.3) is 0 Å². The third kappa shape index (κ3) is 9.87. The molecule has 0 unspecified atom stereocenters. The summed E-state index contributed by atoms with van der Waals surface area (Å²) in [6, 6.07) is 9.58. The number of epoxide rings is 2. The lowest BCUT2D eigenvalue weighted by atomic mass is 9.80. The number of ether oxygens (including phenoxy) is 5. The monoisotopic (exact) mass is 764 g/mol. The molecule has 4 heterocycles. The molecule has 0 saturated carbocycles. The highest BCUT2D eigenvalue weighted by Gasteiger charge is 2.64. The molecule has 302 valence electrons. The molecule has 12 heteroatoms. The van der Waals surface area contributed by atoms with E-state index >= 15 is 0 Å². The number of benzene rings is 1. The molecule has 2 aliphatic carbocycles. The molecule has 4 aliphatic heterocycles. The van der Waals surface area contributed by atoms with E-state index in [2.05, 4.69) is 50.5 Å². The summed E-state index contributed by atoms with van der Waals surface area (Å²) >= 11 is 0. The molecule has 0 amide bonds. The predicted molar refractivity (Wildman–Crippen MR) is 204 cm³/mol. The number of nitrogens with one attached hydrogen (secondary N) is 2. The van der Waals surface area contributed by atoms with E-state index in [9.17, 15) is 24.3 Å². The van der Waals surface area contributed by atoms with Crippen LogP contribution in [0.1, 0.15) is 98.5 Å². The van der Waals surface area contributed by atoms with E-state index in [4.69, 9.17) is 23.7 Å². The van der Waals surface area contributed by atoms with Crippen LogP contribution >= 0.6 is 0 Å². The first-order valence-electron chi connectivity index (χ1n) is 20.1. The first kappa shape index (κ1) is 41.1. The van der Waals surface area contributed by atoms with Gasteiger partial charge in [0, 0.05) is 24.9 Å². The number of carbonyl (C=O) groups excluding carboxylic acids is 3. The third-order valence-electron chi connectivity index (χ3n) is 12.7. The second kappa shape index (κ2) is 16.9. The molecule has 6 aliphatic rings. The molecule has 1 aromatic rings. The van der Waals surface area contributed by atoms with Crippen molar-refractivity contribution < 1.29 is 48.0 Å². The second-order valence-electron chi connectivity index (χ2n) is 17.4. The molecule has 1 aromatic carbocycles. The van der Waals surface area contributed by atoms with Crippen molar-refractivity contribution in [3.63, 3.8) is 0 Å². The van der Waals surface area contributed by atoms with Gasteiger partial charge in [-0.3, -0.25) is 19.2 Å². The van der Waals surface area contributed by atoms with E-state index in [0.29, 0.717) is 13.1 Å². The van der Waals surface area contributed by atoms with Crippen molar-refractivity contribution >= 4 is 23.9 Å². The molecule has 4 saturated heterocycles. The van der Waals surface area contributed by atoms with Crippen molar-refractivity contribution in [2.24, 2.45) is 23.7 Å². The van der Waals surface area contributed by atoms with Crippen LogP contribution in [0.4, 0.5) is 0 Å². The molecule has 0 aromatic heterocycles. The quantitative estimate of drug-likeness (QED) is 0.120. The van der Waals surface area contributed by atoms with Crippen molar-refractivity contribution in [3.8, 4) is 0 Å². The molecule has 10 atom stereocenters. The van der Waals surface area contributed by atoms with Gasteiger partial charge in [0.1, 0.15) is 36.6 Å². The topological polar surface area (TPSA) is 165 Å². The molecular formula is C43H60N2O10. The highest BCUT2D eigenvalue weighted by molar-refractivity contribution is 5.79. The standard InChI is InChI=1S/C24H31NO5.C19H29NO5/c1-16-7-6-12-24(2)22(30-24)21-18(11-10-16)19(23(27)29-21)13-25-14-20(26)28-15-17-8-4-3-5-9-17;1-11-6-5-9-19(4)15(25-19)14-12(8-7-11)13(16(21)24-14)10-20-18(2,3)17(22)23/h3-5,7-9,18-19,21-22,25H,6,10-15H2,1-2H3;6,12-15,20H,5,7-10H2,1-4H3,(H,22,23)/b16-7+;11-6+/t18-,19-,21-,22-,24+;12-,13-,14-,15-,19+/m00/s1. The van der Waals surface area contributed by atoms with Gasteiger partial charge in [-0.05, 0) is 98.5 Å². The first-order chi connectivity index (χ1) is 26.1. The molecule has 0 bridgehead atoms. The zero-order chi connectivity index (χ0) is 39.5. The van der Waals surface area contributed by atoms with Crippen LogP contribution in [-0.2, 0) is 49.5 Å². The minimum Gasteiger partial charge on any atom is -0.480 e. The van der Waals surface area contributed by atoms with Crippen LogP contribution < -0.4 is 10.6 Å². The zero-order valence-corrected chi connectivity index (χ0v) is 33.3. The van der Waals surface area contributed by atoms with Crippen LogP contribution in [0.25, 0.3) is 0 Å². The van der Waals surface area contributed by atoms with E-state index in [1.165, 1.54) is 11.1 Å². The lowest BCUT2D eigenvalue weighted by Crippen LogP contribution is -2.49. The van der Waals surface area contributed by atoms with Crippen molar-refractivity contribution in [2.45, 2.75) is 141 Å². The maximum Gasteiger partial charge on any atom is 0.323 e. The summed E-state index contributed by atoms with van der Waals surface area (Å²) < 4.78 is 28.7. The Morgan fingerprint density at radius 3 is 1.85 bits per heavy atom. The lowest BCUT2D eigenvalue weighted by molar-refractivity contribution is -0.146. The van der Waals surface area contributed by atoms with E-state index in [-0.39, 0.29) is 90.3 Å². The normalized spacial score (nSPS) is 37.3. The Labute approximate surface area is 325 Å².